The third kappa shape index (κ3) is 4.18. The van der Waals surface area contributed by atoms with Crippen LogP contribution in [0.25, 0.3) is 0 Å². The molecule has 0 fully saturated rings. The van der Waals surface area contributed by atoms with Crippen LogP contribution < -0.4 is 10.6 Å². The number of Topliss-reactive ketones (excluding diaryl/α,β-unsaturated/α-hetero) is 1. The first-order valence-corrected chi connectivity index (χ1v) is 12.8. The molecule has 1 aromatic heterocycles. The van der Waals surface area contributed by atoms with E-state index in [1.54, 1.807) is 12.1 Å². The molecular weight excluding hydrogens is 507 g/mol. The second-order valence-corrected chi connectivity index (χ2v) is 9.98. The Morgan fingerprint density at radius 3 is 2.42 bits per heavy atom. The molecule has 0 spiro atoms. The second-order valence-electron chi connectivity index (χ2n) is 9.00. The maximum atomic E-state index is 14.4. The fraction of sp³-hybridized carbons (Fsp3) is 0.207. The number of rotatable bonds is 5. The molecule has 2 heterocycles. The van der Waals surface area contributed by atoms with Gasteiger partial charge in [-0.05, 0) is 41.6 Å². The number of benzene rings is 2. The number of ether oxygens (including phenoxy) is 2. The van der Waals surface area contributed by atoms with Gasteiger partial charge in [-0.25, -0.2) is 9.18 Å². The van der Waals surface area contributed by atoms with E-state index in [1.165, 1.54) is 48.7 Å². The van der Waals surface area contributed by atoms with E-state index in [4.69, 9.17) is 15.2 Å². The summed E-state index contributed by atoms with van der Waals surface area (Å²) in [5, 5.41) is 1.83. The number of methoxy groups -OCH3 is 2. The van der Waals surface area contributed by atoms with Gasteiger partial charge in [-0.15, -0.1) is 11.3 Å². The van der Waals surface area contributed by atoms with Gasteiger partial charge in [-0.3, -0.25) is 14.5 Å². The Bertz CT molecular complexity index is 1470. The Morgan fingerprint density at radius 1 is 1.03 bits per heavy atom. The Balaban J connectivity index is 1.82. The summed E-state index contributed by atoms with van der Waals surface area (Å²) in [7, 11) is 2.48. The number of carbonyl (C=O) groups is 3. The molecule has 38 heavy (non-hydrogen) atoms. The van der Waals surface area contributed by atoms with E-state index in [2.05, 4.69) is 0 Å². The quantitative estimate of drug-likeness (QED) is 0.378. The summed E-state index contributed by atoms with van der Waals surface area (Å²) in [6.45, 7) is 0. The minimum absolute atomic E-state index is 0.0377. The van der Waals surface area contributed by atoms with E-state index in [9.17, 15) is 18.8 Å². The number of ketones is 1. The number of esters is 2. The van der Waals surface area contributed by atoms with E-state index in [0.717, 1.165) is 5.56 Å². The molecule has 3 atom stereocenters. The van der Waals surface area contributed by atoms with Gasteiger partial charge in [0, 0.05) is 22.1 Å². The average molecular weight is 533 g/mol. The SMILES string of the molecule is COC(=O)C1=C(N)N(c2cccc(F)c2)C2=C(C(=O)[C@H](C(=O)OC)[C@H](c3ccccc3)C2)[C@H]1c1cccs1. The largest absolute Gasteiger partial charge is 0.468 e. The Kier molecular flexibility index (Phi) is 6.86. The van der Waals surface area contributed by atoms with Gasteiger partial charge >= 0.3 is 11.9 Å². The van der Waals surface area contributed by atoms with Crippen LogP contribution in [0, 0.1) is 11.7 Å². The van der Waals surface area contributed by atoms with Crippen LogP contribution in [0.2, 0.25) is 0 Å². The fourth-order valence-corrected chi connectivity index (χ4v) is 6.24. The van der Waals surface area contributed by atoms with Crippen LogP contribution in [0.1, 0.15) is 28.7 Å². The number of anilines is 1. The van der Waals surface area contributed by atoms with Crippen molar-refractivity contribution >= 4 is 34.7 Å². The van der Waals surface area contributed by atoms with E-state index in [-0.39, 0.29) is 23.4 Å². The topological polar surface area (TPSA) is 98.9 Å². The summed E-state index contributed by atoms with van der Waals surface area (Å²) in [5.74, 6) is -4.90. The third-order valence-electron chi connectivity index (χ3n) is 7.02. The summed E-state index contributed by atoms with van der Waals surface area (Å²) >= 11 is 1.35. The third-order valence-corrected chi connectivity index (χ3v) is 7.96. The van der Waals surface area contributed by atoms with Gasteiger partial charge in [-0.2, -0.15) is 0 Å². The highest BCUT2D eigenvalue weighted by molar-refractivity contribution is 7.10. The minimum Gasteiger partial charge on any atom is -0.468 e. The number of carbonyl (C=O) groups excluding carboxylic acids is 3. The van der Waals surface area contributed by atoms with Crippen LogP contribution in [0.3, 0.4) is 0 Å². The zero-order valence-corrected chi connectivity index (χ0v) is 21.5. The van der Waals surface area contributed by atoms with Crippen LogP contribution >= 0.6 is 11.3 Å². The van der Waals surface area contributed by atoms with Crippen molar-refractivity contribution in [3.8, 4) is 0 Å². The molecule has 2 aliphatic rings. The first-order valence-electron chi connectivity index (χ1n) is 11.9. The average Bonchev–Trinajstić information content (AvgIpc) is 3.46. The molecule has 9 heteroatoms. The van der Waals surface area contributed by atoms with Gasteiger partial charge in [0.05, 0.1) is 31.4 Å². The molecule has 0 saturated heterocycles. The Hall–Kier alpha value is -4.24. The number of thiophene rings is 1. The molecule has 0 unspecified atom stereocenters. The highest BCUT2D eigenvalue weighted by Crippen LogP contribution is 2.52. The zero-order chi connectivity index (χ0) is 27.0. The molecule has 1 aliphatic heterocycles. The Morgan fingerprint density at radius 2 is 1.79 bits per heavy atom. The van der Waals surface area contributed by atoms with Gasteiger partial charge in [0.2, 0.25) is 0 Å². The van der Waals surface area contributed by atoms with Gasteiger partial charge < -0.3 is 15.2 Å². The van der Waals surface area contributed by atoms with E-state index in [1.807, 2.05) is 41.8 Å². The van der Waals surface area contributed by atoms with Gasteiger partial charge in [-0.1, -0.05) is 42.5 Å². The van der Waals surface area contributed by atoms with Crippen LogP contribution in [0.5, 0.6) is 0 Å². The molecular formula is C29H25FN2O5S. The lowest BCUT2D eigenvalue weighted by Crippen LogP contribution is -2.46. The van der Waals surface area contributed by atoms with Gasteiger partial charge in [0.15, 0.2) is 5.78 Å². The van der Waals surface area contributed by atoms with Crippen molar-refractivity contribution in [1.82, 2.24) is 0 Å². The number of nitrogens with zero attached hydrogens (tertiary/aromatic N) is 1. The molecule has 1 aliphatic carbocycles. The highest BCUT2D eigenvalue weighted by Gasteiger charge is 2.51. The van der Waals surface area contributed by atoms with Crippen molar-refractivity contribution in [1.29, 1.82) is 0 Å². The molecule has 0 bridgehead atoms. The van der Waals surface area contributed by atoms with Crippen molar-refractivity contribution < 1.29 is 28.2 Å². The first-order chi connectivity index (χ1) is 18.4. The summed E-state index contributed by atoms with van der Waals surface area (Å²) in [4.78, 5) is 42.9. The van der Waals surface area contributed by atoms with Crippen LogP contribution in [-0.2, 0) is 23.9 Å². The van der Waals surface area contributed by atoms with Crippen molar-refractivity contribution in [2.45, 2.75) is 18.3 Å². The normalized spacial score (nSPS) is 21.3. The number of hydrogen-bond acceptors (Lipinski definition) is 8. The van der Waals surface area contributed by atoms with Crippen LogP contribution in [0.4, 0.5) is 10.1 Å². The maximum Gasteiger partial charge on any atom is 0.338 e. The maximum absolute atomic E-state index is 14.4. The molecule has 0 amide bonds. The second kappa shape index (κ2) is 10.3. The number of allylic oxidation sites excluding steroid dienone is 2. The summed E-state index contributed by atoms with van der Waals surface area (Å²) < 4.78 is 24.6. The van der Waals surface area contributed by atoms with Crippen molar-refractivity contribution in [3.63, 3.8) is 0 Å². The van der Waals surface area contributed by atoms with Gasteiger partial charge in [0.1, 0.15) is 17.6 Å². The zero-order valence-electron chi connectivity index (χ0n) is 20.7. The lowest BCUT2D eigenvalue weighted by Gasteiger charge is -2.43. The molecule has 0 radical (unpaired) electrons. The monoisotopic (exact) mass is 532 g/mol. The summed E-state index contributed by atoms with van der Waals surface area (Å²) in [5.41, 5.74) is 8.60. The molecule has 2 aromatic carbocycles. The molecule has 0 saturated carbocycles. The lowest BCUT2D eigenvalue weighted by atomic mass is 9.68. The molecule has 7 nitrogen and oxygen atoms in total. The van der Waals surface area contributed by atoms with Crippen LogP contribution in [-0.4, -0.2) is 31.9 Å². The van der Waals surface area contributed by atoms with E-state index < -0.39 is 41.3 Å². The number of hydrogen-bond donors (Lipinski definition) is 1. The van der Waals surface area contributed by atoms with Crippen molar-refractivity contribution in [2.75, 3.05) is 19.1 Å². The van der Waals surface area contributed by atoms with E-state index in [0.29, 0.717) is 16.3 Å². The minimum atomic E-state index is -1.14. The van der Waals surface area contributed by atoms with Gasteiger partial charge in [0.25, 0.3) is 0 Å². The Labute approximate surface area is 223 Å². The predicted molar refractivity (Wildman–Crippen MR) is 141 cm³/mol. The standard InChI is InChI=1S/C29H25FN2O5S/c1-36-28(34)22-19(16-8-4-3-5-9-16)15-20-23(26(22)33)24(21-12-7-13-38-21)25(29(35)37-2)27(31)32(20)18-11-6-10-17(30)14-18/h3-14,19,22,24H,15,31H2,1-2H3/t19-,22+,24+/m0/s1. The number of nitrogens with two attached hydrogens (primary N) is 1. The molecule has 5 rings (SSSR count). The van der Waals surface area contributed by atoms with E-state index >= 15 is 0 Å². The molecule has 2 N–H and O–H groups in total. The van der Waals surface area contributed by atoms with Crippen LogP contribution in [0.15, 0.2) is 94.8 Å². The smallest absolute Gasteiger partial charge is 0.338 e. The first kappa shape index (κ1) is 25.4. The predicted octanol–water partition coefficient (Wildman–Crippen LogP) is 4.63. The molecule has 3 aromatic rings. The fourth-order valence-electron chi connectivity index (χ4n) is 5.40. The summed E-state index contributed by atoms with van der Waals surface area (Å²) in [6, 6.07) is 18.6. The molecule has 194 valence electrons. The van der Waals surface area contributed by atoms with Crippen molar-refractivity contribution in [2.24, 2.45) is 11.7 Å². The van der Waals surface area contributed by atoms with Crippen molar-refractivity contribution in [3.05, 3.63) is 111 Å². The highest BCUT2D eigenvalue weighted by atomic mass is 32.1. The summed E-state index contributed by atoms with van der Waals surface area (Å²) in [6.07, 6.45) is 0.221. The lowest BCUT2D eigenvalue weighted by molar-refractivity contribution is -0.150. The number of halogens is 1.